The predicted octanol–water partition coefficient (Wildman–Crippen LogP) is 14.6. The molecule has 0 amide bonds. The summed E-state index contributed by atoms with van der Waals surface area (Å²) >= 11 is 0. The molecule has 54 heavy (non-hydrogen) atoms. The van der Waals surface area contributed by atoms with Gasteiger partial charge < -0.3 is 4.42 Å². The average Bonchev–Trinajstić information content (AvgIpc) is 3.63. The molecule has 0 fully saturated rings. The van der Waals surface area contributed by atoms with Gasteiger partial charge in [-0.15, -0.1) is 0 Å². The van der Waals surface area contributed by atoms with E-state index in [1.165, 1.54) is 66.4 Å². The van der Waals surface area contributed by atoms with Gasteiger partial charge in [-0.1, -0.05) is 194 Å². The van der Waals surface area contributed by atoms with Crippen molar-refractivity contribution in [2.45, 2.75) is 5.92 Å². The van der Waals surface area contributed by atoms with E-state index in [4.69, 9.17) is 4.42 Å². The molecule has 0 saturated heterocycles. The van der Waals surface area contributed by atoms with E-state index in [0.29, 0.717) is 0 Å². The average molecular weight is 689 g/mol. The summed E-state index contributed by atoms with van der Waals surface area (Å²) < 4.78 is 6.23. The Balaban J connectivity index is 1.00. The minimum atomic E-state index is 0.0629. The molecule has 254 valence electrons. The van der Waals surface area contributed by atoms with E-state index < -0.39 is 0 Å². The van der Waals surface area contributed by atoms with E-state index in [-0.39, 0.29) is 5.92 Å². The van der Waals surface area contributed by atoms with E-state index in [1.54, 1.807) is 0 Å². The molecular weight excluding hydrogens is 653 g/mol. The molecular formula is C53H36O. The number of benzene rings is 9. The molecule has 0 aliphatic heterocycles. The summed E-state index contributed by atoms with van der Waals surface area (Å²) in [6.45, 7) is 0. The van der Waals surface area contributed by atoms with Crippen molar-refractivity contribution in [3.63, 3.8) is 0 Å². The van der Waals surface area contributed by atoms with Crippen LogP contribution in [0.15, 0.2) is 217 Å². The van der Waals surface area contributed by atoms with Crippen LogP contribution < -0.4 is 0 Å². The van der Waals surface area contributed by atoms with Gasteiger partial charge in [0.15, 0.2) is 0 Å². The van der Waals surface area contributed by atoms with Gasteiger partial charge in [0.25, 0.3) is 0 Å². The lowest BCUT2D eigenvalue weighted by Gasteiger charge is -2.20. The highest BCUT2D eigenvalue weighted by Gasteiger charge is 2.18. The van der Waals surface area contributed by atoms with Crippen molar-refractivity contribution in [2.75, 3.05) is 0 Å². The van der Waals surface area contributed by atoms with Crippen LogP contribution in [0, 0.1) is 0 Å². The number of rotatable bonds is 7. The highest BCUT2D eigenvalue weighted by molar-refractivity contribution is 6.05. The second-order valence-corrected chi connectivity index (χ2v) is 14.1. The van der Waals surface area contributed by atoms with Gasteiger partial charge in [-0.05, 0) is 90.2 Å². The van der Waals surface area contributed by atoms with Crippen LogP contribution in [0.4, 0.5) is 0 Å². The van der Waals surface area contributed by atoms with Crippen LogP contribution in [0.2, 0.25) is 0 Å². The molecule has 0 saturated carbocycles. The second kappa shape index (κ2) is 13.5. The molecule has 1 unspecified atom stereocenters. The first-order valence-corrected chi connectivity index (χ1v) is 18.6. The van der Waals surface area contributed by atoms with Gasteiger partial charge in [0, 0.05) is 16.7 Å². The maximum Gasteiger partial charge on any atom is 0.136 e. The molecule has 0 spiro atoms. The minimum Gasteiger partial charge on any atom is -0.456 e. The molecule has 0 aliphatic carbocycles. The van der Waals surface area contributed by atoms with Gasteiger partial charge in [0.1, 0.15) is 11.2 Å². The lowest BCUT2D eigenvalue weighted by Crippen LogP contribution is -2.03. The van der Waals surface area contributed by atoms with Gasteiger partial charge in [-0.3, -0.25) is 0 Å². The highest BCUT2D eigenvalue weighted by atomic mass is 16.3. The number of hydrogen-bond acceptors (Lipinski definition) is 1. The van der Waals surface area contributed by atoms with Crippen LogP contribution in [0.5, 0.6) is 0 Å². The Morgan fingerprint density at radius 1 is 0.278 bits per heavy atom. The van der Waals surface area contributed by atoms with Crippen molar-refractivity contribution in [3.05, 3.63) is 229 Å². The SMILES string of the molecule is c1ccc(-c2ccc(-c3ccc(C(c4ccc(-c5ccc6c(c5)oc5ccccc56)cc4)c4ccc(-c5cccc6ccccc56)cc4)cc3)cc2)cc1. The summed E-state index contributed by atoms with van der Waals surface area (Å²) in [7, 11) is 0. The Hall–Kier alpha value is -6.96. The summed E-state index contributed by atoms with van der Waals surface area (Å²) in [5.74, 6) is 0.0629. The molecule has 0 N–H and O–H groups in total. The monoisotopic (exact) mass is 688 g/mol. The first-order chi connectivity index (χ1) is 26.7. The van der Waals surface area contributed by atoms with Crippen molar-refractivity contribution in [1.82, 2.24) is 0 Å². The van der Waals surface area contributed by atoms with Crippen molar-refractivity contribution in [2.24, 2.45) is 0 Å². The van der Waals surface area contributed by atoms with E-state index in [0.717, 1.165) is 27.5 Å². The summed E-state index contributed by atoms with van der Waals surface area (Å²) in [5, 5.41) is 4.83. The van der Waals surface area contributed by atoms with Gasteiger partial charge in [0.05, 0.1) is 0 Å². The van der Waals surface area contributed by atoms with E-state index >= 15 is 0 Å². The molecule has 1 heteroatoms. The number of hydrogen-bond donors (Lipinski definition) is 0. The zero-order chi connectivity index (χ0) is 35.8. The Bertz CT molecular complexity index is 2870. The van der Waals surface area contributed by atoms with Crippen LogP contribution in [0.25, 0.3) is 77.2 Å². The van der Waals surface area contributed by atoms with Crippen molar-refractivity contribution >= 4 is 32.7 Å². The third-order valence-corrected chi connectivity index (χ3v) is 10.9. The molecule has 0 aliphatic rings. The van der Waals surface area contributed by atoms with E-state index in [2.05, 4.69) is 200 Å². The summed E-state index contributed by atoms with van der Waals surface area (Å²) in [6.07, 6.45) is 0. The number of para-hydroxylation sites is 1. The Morgan fingerprint density at radius 3 is 1.37 bits per heavy atom. The molecule has 9 aromatic carbocycles. The summed E-state index contributed by atoms with van der Waals surface area (Å²) in [6, 6.07) is 76.8. The zero-order valence-corrected chi connectivity index (χ0v) is 29.7. The van der Waals surface area contributed by atoms with Gasteiger partial charge in [0.2, 0.25) is 0 Å². The third kappa shape index (κ3) is 5.87. The van der Waals surface area contributed by atoms with Crippen LogP contribution in [0.3, 0.4) is 0 Å². The fourth-order valence-corrected chi connectivity index (χ4v) is 8.04. The summed E-state index contributed by atoms with van der Waals surface area (Å²) in [5.41, 5.74) is 15.3. The molecule has 1 aromatic heterocycles. The van der Waals surface area contributed by atoms with Gasteiger partial charge in [-0.2, -0.15) is 0 Å². The Morgan fingerprint density at radius 2 is 0.722 bits per heavy atom. The predicted molar refractivity (Wildman–Crippen MR) is 227 cm³/mol. The maximum atomic E-state index is 6.23. The maximum absolute atomic E-state index is 6.23. The minimum absolute atomic E-state index is 0.0629. The van der Waals surface area contributed by atoms with Gasteiger partial charge >= 0.3 is 0 Å². The Kier molecular flexibility index (Phi) is 7.96. The Labute approximate surface area is 315 Å². The van der Waals surface area contributed by atoms with Gasteiger partial charge in [-0.25, -0.2) is 0 Å². The lowest BCUT2D eigenvalue weighted by molar-refractivity contribution is 0.669. The molecule has 1 heterocycles. The second-order valence-electron chi connectivity index (χ2n) is 14.1. The highest BCUT2D eigenvalue weighted by Crippen LogP contribution is 2.38. The normalized spacial score (nSPS) is 12.0. The quantitative estimate of drug-likeness (QED) is 0.152. The molecule has 0 bridgehead atoms. The van der Waals surface area contributed by atoms with Crippen LogP contribution in [-0.4, -0.2) is 0 Å². The first kappa shape index (κ1) is 31.7. The first-order valence-electron chi connectivity index (χ1n) is 18.6. The molecule has 10 rings (SSSR count). The van der Waals surface area contributed by atoms with Crippen molar-refractivity contribution < 1.29 is 4.42 Å². The standard InChI is InChI=1S/C53H36O/c1-2-9-36(10-3-1)37-17-19-38(20-18-37)39-21-27-43(28-22-39)53(45-31-25-42(26-32-45)48-15-8-12-41-11-4-5-13-47(41)48)44-29-23-40(24-30-44)46-33-34-50-49-14-6-7-16-51(49)54-52(50)35-46/h1-35,53H. The van der Waals surface area contributed by atoms with E-state index in [1.807, 2.05) is 12.1 Å². The van der Waals surface area contributed by atoms with E-state index in [9.17, 15) is 0 Å². The van der Waals surface area contributed by atoms with Crippen LogP contribution in [-0.2, 0) is 0 Å². The number of fused-ring (bicyclic) bond motifs is 4. The van der Waals surface area contributed by atoms with Crippen molar-refractivity contribution in [1.29, 1.82) is 0 Å². The topological polar surface area (TPSA) is 13.1 Å². The molecule has 0 radical (unpaired) electrons. The molecule has 10 aromatic rings. The van der Waals surface area contributed by atoms with Crippen molar-refractivity contribution in [3.8, 4) is 44.5 Å². The molecule has 1 atom stereocenters. The number of furan rings is 1. The third-order valence-electron chi connectivity index (χ3n) is 10.9. The lowest BCUT2D eigenvalue weighted by atomic mass is 9.83. The smallest absolute Gasteiger partial charge is 0.136 e. The fourth-order valence-electron chi connectivity index (χ4n) is 8.04. The van der Waals surface area contributed by atoms with Crippen LogP contribution in [0.1, 0.15) is 22.6 Å². The zero-order valence-electron chi connectivity index (χ0n) is 29.7. The molecule has 1 nitrogen and oxygen atoms in total. The fraction of sp³-hybridized carbons (Fsp3) is 0.0189. The van der Waals surface area contributed by atoms with Crippen LogP contribution >= 0.6 is 0 Å². The summed E-state index contributed by atoms with van der Waals surface area (Å²) in [4.78, 5) is 0. The largest absolute Gasteiger partial charge is 0.456 e.